The van der Waals surface area contributed by atoms with Gasteiger partial charge in [-0.3, -0.25) is 0 Å². The zero-order chi connectivity index (χ0) is 28.1. The lowest BCUT2D eigenvalue weighted by Crippen LogP contribution is -2.51. The van der Waals surface area contributed by atoms with Crippen molar-refractivity contribution in [3.05, 3.63) is 69.8 Å². The molecule has 1 aliphatic rings. The number of ether oxygens (including phenoxy) is 1. The number of fused-ring (bicyclic) bond motifs is 1. The lowest BCUT2D eigenvalue weighted by Gasteiger charge is -2.48. The van der Waals surface area contributed by atoms with Crippen molar-refractivity contribution in [2.75, 3.05) is 6.61 Å². The molecule has 0 unspecified atom stereocenters. The van der Waals surface area contributed by atoms with Crippen molar-refractivity contribution in [2.24, 2.45) is 5.92 Å². The number of alkyl halides is 2. The van der Waals surface area contributed by atoms with Crippen molar-refractivity contribution in [1.29, 1.82) is 0 Å². The number of aryl methyl sites for hydroxylation is 1. The summed E-state index contributed by atoms with van der Waals surface area (Å²) in [4.78, 5) is 0. The SMILES string of the molecule is C[C@H](CCOCc1ccccc1)CCc1cc2c(c(CBr)c1CBr)CC[C@H](O[Si](C)(C)C(C)(C)C)C2(C)C. The van der Waals surface area contributed by atoms with Crippen LogP contribution in [0.3, 0.4) is 0 Å². The fourth-order valence-corrected chi connectivity index (χ4v) is 8.29. The molecular formula is C33H50Br2O2Si. The summed E-state index contributed by atoms with van der Waals surface area (Å²) in [7, 11) is -1.85. The maximum atomic E-state index is 7.07. The molecule has 38 heavy (non-hydrogen) atoms. The third-order valence-electron chi connectivity index (χ3n) is 9.20. The highest BCUT2D eigenvalue weighted by Crippen LogP contribution is 2.46. The van der Waals surface area contributed by atoms with Crippen LogP contribution in [-0.4, -0.2) is 21.0 Å². The molecule has 0 amide bonds. The molecule has 0 heterocycles. The lowest BCUT2D eigenvalue weighted by molar-refractivity contribution is 0.0921. The number of halogens is 2. The average molecular weight is 667 g/mol. The smallest absolute Gasteiger partial charge is 0.192 e. The van der Waals surface area contributed by atoms with E-state index in [1.165, 1.54) is 34.2 Å². The zero-order valence-electron chi connectivity index (χ0n) is 25.1. The Morgan fingerprint density at radius 2 is 1.68 bits per heavy atom. The monoisotopic (exact) mass is 664 g/mol. The van der Waals surface area contributed by atoms with Gasteiger partial charge in [0.25, 0.3) is 0 Å². The predicted molar refractivity (Wildman–Crippen MR) is 173 cm³/mol. The second-order valence-corrected chi connectivity index (χ2v) is 19.3. The van der Waals surface area contributed by atoms with Crippen LogP contribution in [0, 0.1) is 5.92 Å². The summed E-state index contributed by atoms with van der Waals surface area (Å²) in [6.07, 6.45) is 5.86. The summed E-state index contributed by atoms with van der Waals surface area (Å²) in [5, 5.41) is 2.04. The van der Waals surface area contributed by atoms with E-state index >= 15 is 0 Å². The molecule has 0 spiro atoms. The molecule has 0 bridgehead atoms. The fraction of sp³-hybridized carbons (Fsp3) is 0.636. The highest BCUT2D eigenvalue weighted by molar-refractivity contribution is 9.09. The molecule has 0 saturated heterocycles. The minimum atomic E-state index is -1.85. The Hall–Kier alpha value is -0.463. The molecule has 0 radical (unpaired) electrons. The normalized spacial score (nSPS) is 18.3. The van der Waals surface area contributed by atoms with Gasteiger partial charge in [-0.15, -0.1) is 0 Å². The second-order valence-electron chi connectivity index (χ2n) is 13.4. The topological polar surface area (TPSA) is 18.5 Å². The molecule has 2 nitrogen and oxygen atoms in total. The molecule has 2 atom stereocenters. The third-order valence-corrected chi connectivity index (χ3v) is 14.8. The van der Waals surface area contributed by atoms with Crippen LogP contribution >= 0.6 is 31.9 Å². The molecule has 0 N–H and O–H groups in total. The fourth-order valence-electron chi connectivity index (χ4n) is 5.44. The van der Waals surface area contributed by atoms with Crippen molar-refractivity contribution in [3.63, 3.8) is 0 Å². The molecule has 0 fully saturated rings. The summed E-state index contributed by atoms with van der Waals surface area (Å²) in [5.74, 6) is 0.625. The summed E-state index contributed by atoms with van der Waals surface area (Å²) >= 11 is 7.72. The van der Waals surface area contributed by atoms with Crippen LogP contribution in [-0.2, 0) is 44.7 Å². The van der Waals surface area contributed by atoms with E-state index in [2.05, 4.69) is 123 Å². The van der Waals surface area contributed by atoms with Gasteiger partial charge >= 0.3 is 0 Å². The van der Waals surface area contributed by atoms with E-state index in [1.807, 2.05) is 0 Å². The molecule has 2 aromatic carbocycles. The number of hydrogen-bond acceptors (Lipinski definition) is 2. The molecule has 0 aromatic heterocycles. The van der Waals surface area contributed by atoms with Gasteiger partial charge in [0.05, 0.1) is 12.7 Å². The van der Waals surface area contributed by atoms with E-state index in [-0.39, 0.29) is 16.6 Å². The maximum absolute atomic E-state index is 7.07. The first kappa shape index (κ1) is 32.1. The Morgan fingerprint density at radius 3 is 2.29 bits per heavy atom. The van der Waals surface area contributed by atoms with Crippen molar-refractivity contribution in [3.8, 4) is 0 Å². The first-order chi connectivity index (χ1) is 17.8. The van der Waals surface area contributed by atoms with E-state index in [9.17, 15) is 0 Å². The van der Waals surface area contributed by atoms with Gasteiger partial charge in [-0.25, -0.2) is 0 Å². The highest BCUT2D eigenvalue weighted by atomic mass is 79.9. The molecule has 0 aliphatic heterocycles. The van der Waals surface area contributed by atoms with Gasteiger partial charge in [-0.05, 0) is 89.5 Å². The van der Waals surface area contributed by atoms with Crippen LogP contribution in [0.1, 0.15) is 94.2 Å². The first-order valence-electron chi connectivity index (χ1n) is 14.4. The van der Waals surface area contributed by atoms with Crippen molar-refractivity contribution >= 4 is 40.2 Å². The van der Waals surface area contributed by atoms with Gasteiger partial charge in [0, 0.05) is 22.7 Å². The molecule has 0 saturated carbocycles. The summed E-state index contributed by atoms with van der Waals surface area (Å²) < 4.78 is 13.1. The number of rotatable bonds is 12. The van der Waals surface area contributed by atoms with Crippen molar-refractivity contribution in [2.45, 2.75) is 121 Å². The van der Waals surface area contributed by atoms with E-state index in [4.69, 9.17) is 9.16 Å². The number of benzene rings is 2. The first-order valence-corrected chi connectivity index (χ1v) is 19.5. The minimum absolute atomic E-state index is 0.00346. The quantitative estimate of drug-likeness (QED) is 0.128. The summed E-state index contributed by atoms with van der Waals surface area (Å²) in [6, 6.07) is 13.0. The van der Waals surface area contributed by atoms with Gasteiger partial charge in [-0.2, -0.15) is 0 Å². The average Bonchev–Trinajstić information content (AvgIpc) is 2.86. The van der Waals surface area contributed by atoms with E-state index in [0.29, 0.717) is 12.5 Å². The van der Waals surface area contributed by atoms with Crippen LogP contribution in [0.15, 0.2) is 36.4 Å². The van der Waals surface area contributed by atoms with Crippen molar-refractivity contribution in [1.82, 2.24) is 0 Å². The van der Waals surface area contributed by atoms with Gasteiger partial charge in [0.15, 0.2) is 8.32 Å². The van der Waals surface area contributed by atoms with Gasteiger partial charge < -0.3 is 9.16 Å². The van der Waals surface area contributed by atoms with Crippen LogP contribution in [0.25, 0.3) is 0 Å². The van der Waals surface area contributed by atoms with Crippen LogP contribution in [0.2, 0.25) is 18.1 Å². The maximum Gasteiger partial charge on any atom is 0.192 e. The van der Waals surface area contributed by atoms with E-state index in [1.54, 1.807) is 5.56 Å². The Kier molecular flexibility index (Phi) is 11.4. The minimum Gasteiger partial charge on any atom is -0.413 e. The van der Waals surface area contributed by atoms with E-state index in [0.717, 1.165) is 43.0 Å². The Bertz CT molecular complexity index is 1040. The molecule has 1 aliphatic carbocycles. The van der Waals surface area contributed by atoms with Gasteiger partial charge in [0.1, 0.15) is 0 Å². The number of hydrogen-bond donors (Lipinski definition) is 0. The van der Waals surface area contributed by atoms with Gasteiger partial charge in [0.2, 0.25) is 0 Å². The van der Waals surface area contributed by atoms with Crippen LogP contribution in [0.5, 0.6) is 0 Å². The molecule has 212 valence electrons. The van der Waals surface area contributed by atoms with E-state index < -0.39 is 8.32 Å². The molecular weight excluding hydrogens is 616 g/mol. The predicted octanol–water partition coefficient (Wildman–Crippen LogP) is 10.3. The van der Waals surface area contributed by atoms with Gasteiger partial charge in [-0.1, -0.05) is 110 Å². The zero-order valence-corrected chi connectivity index (χ0v) is 29.2. The molecule has 5 heteroatoms. The molecule has 3 rings (SSSR count). The molecule has 2 aromatic rings. The Labute approximate surface area is 251 Å². The summed E-state index contributed by atoms with van der Waals surface area (Å²) in [6.45, 7) is 20.6. The Morgan fingerprint density at radius 1 is 1.03 bits per heavy atom. The standard InChI is InChI=1S/C33H50Br2O2Si/c1-24(18-19-36-23-25-12-10-9-11-13-25)14-15-26-20-30-27(29(22-35)28(26)21-34)16-17-31(33(30,5)6)37-38(7,8)32(2,3)4/h9-13,20,24,31H,14-19,21-23H2,1-8H3/t24-,31-/m0/s1. The Balaban J connectivity index is 1.74. The lowest BCUT2D eigenvalue weighted by atomic mass is 9.68. The second kappa shape index (κ2) is 13.5. The summed E-state index contributed by atoms with van der Waals surface area (Å²) in [5.41, 5.74) is 8.82. The van der Waals surface area contributed by atoms with Crippen LogP contribution < -0.4 is 0 Å². The highest BCUT2D eigenvalue weighted by Gasteiger charge is 2.45. The van der Waals surface area contributed by atoms with Crippen LogP contribution in [0.4, 0.5) is 0 Å². The third kappa shape index (κ3) is 7.63. The largest absolute Gasteiger partial charge is 0.413 e. The van der Waals surface area contributed by atoms with Crippen molar-refractivity contribution < 1.29 is 9.16 Å².